The van der Waals surface area contributed by atoms with Gasteiger partial charge in [-0.25, -0.2) is 4.79 Å². The Morgan fingerprint density at radius 1 is 1.00 bits per heavy atom. The van der Waals surface area contributed by atoms with E-state index in [1.165, 1.54) is 11.1 Å². The quantitative estimate of drug-likeness (QED) is 0.464. The zero-order valence-corrected chi connectivity index (χ0v) is 20.3. The second kappa shape index (κ2) is 10.9. The third kappa shape index (κ3) is 5.66. The first-order valence-electron chi connectivity index (χ1n) is 12.5. The van der Waals surface area contributed by atoms with E-state index in [9.17, 15) is 19.5 Å². The highest BCUT2D eigenvalue weighted by molar-refractivity contribution is 5.81. The fourth-order valence-electron chi connectivity index (χ4n) is 5.09. The lowest BCUT2D eigenvalue weighted by molar-refractivity contribution is -0.138. The topological polar surface area (TPSA) is 105 Å². The first-order valence-corrected chi connectivity index (χ1v) is 12.5. The van der Waals surface area contributed by atoms with Crippen LogP contribution in [0.15, 0.2) is 48.5 Å². The Bertz CT molecular complexity index is 1030. The van der Waals surface area contributed by atoms with E-state index in [1.807, 2.05) is 38.1 Å². The van der Waals surface area contributed by atoms with Gasteiger partial charge < -0.3 is 20.5 Å². The summed E-state index contributed by atoms with van der Waals surface area (Å²) in [4.78, 5) is 36.8. The summed E-state index contributed by atoms with van der Waals surface area (Å²) in [5.41, 5.74) is 4.62. The van der Waals surface area contributed by atoms with Crippen molar-refractivity contribution in [1.29, 1.82) is 0 Å². The Morgan fingerprint density at radius 3 is 2.11 bits per heavy atom. The highest BCUT2D eigenvalue weighted by Crippen LogP contribution is 2.44. The van der Waals surface area contributed by atoms with Crippen LogP contribution in [0, 0.1) is 17.8 Å². The summed E-state index contributed by atoms with van der Waals surface area (Å²) in [6.45, 7) is 4.17. The molecular formula is C28H34N2O5. The van der Waals surface area contributed by atoms with Crippen LogP contribution in [0.4, 0.5) is 4.79 Å². The van der Waals surface area contributed by atoms with Gasteiger partial charge in [0.05, 0.1) is 12.3 Å². The maximum Gasteiger partial charge on any atom is 0.407 e. The molecule has 0 aliphatic heterocycles. The van der Waals surface area contributed by atoms with Gasteiger partial charge in [0.25, 0.3) is 0 Å². The molecule has 0 radical (unpaired) electrons. The molecule has 2 aliphatic carbocycles. The van der Waals surface area contributed by atoms with Gasteiger partial charge in [-0.05, 0) is 46.9 Å². The van der Waals surface area contributed by atoms with Crippen LogP contribution in [0.1, 0.15) is 56.6 Å². The summed E-state index contributed by atoms with van der Waals surface area (Å²) in [7, 11) is 0. The number of hydrogen-bond acceptors (Lipinski definition) is 4. The fraction of sp³-hybridized carbons (Fsp3) is 0.464. The highest BCUT2D eigenvalue weighted by atomic mass is 16.5. The minimum absolute atomic E-state index is 0.00724. The standard InChI is InChI=1S/C28H34N2O5/c1-17(2)25(14-26(31)32)30-27(33)23(18-8-7-9-18)15-29-28(34)35-16-24-21-12-5-3-10-19(21)20-11-4-6-13-22(20)24/h3-6,10-13,17-18,23-25H,7-9,14-16H2,1-2H3,(H,29,34)(H,30,33)(H,31,32)/t23?,25-/m1/s1. The monoisotopic (exact) mass is 478 g/mol. The van der Waals surface area contributed by atoms with Crippen molar-refractivity contribution in [2.24, 2.45) is 17.8 Å². The summed E-state index contributed by atoms with van der Waals surface area (Å²) in [6, 6.07) is 15.9. The number of benzene rings is 2. The molecule has 1 saturated carbocycles. The molecule has 0 saturated heterocycles. The van der Waals surface area contributed by atoms with E-state index in [4.69, 9.17) is 4.74 Å². The van der Waals surface area contributed by atoms with E-state index in [2.05, 4.69) is 34.9 Å². The van der Waals surface area contributed by atoms with Crippen molar-refractivity contribution < 1.29 is 24.2 Å². The predicted molar refractivity (Wildman–Crippen MR) is 133 cm³/mol. The molecule has 2 aliphatic rings. The Hall–Kier alpha value is -3.35. The second-order valence-electron chi connectivity index (χ2n) is 9.96. The van der Waals surface area contributed by atoms with Gasteiger partial charge >= 0.3 is 12.1 Å². The van der Waals surface area contributed by atoms with E-state index in [0.29, 0.717) is 0 Å². The van der Waals surface area contributed by atoms with Crippen molar-refractivity contribution in [3.05, 3.63) is 59.7 Å². The summed E-state index contributed by atoms with van der Waals surface area (Å²) in [6.07, 6.45) is 2.24. The van der Waals surface area contributed by atoms with Crippen molar-refractivity contribution in [3.8, 4) is 11.1 Å². The van der Waals surface area contributed by atoms with Gasteiger partial charge in [-0.15, -0.1) is 0 Å². The number of carboxylic acid groups (broad SMARTS) is 1. The molecule has 2 aromatic carbocycles. The van der Waals surface area contributed by atoms with Gasteiger partial charge in [0.1, 0.15) is 6.61 Å². The van der Waals surface area contributed by atoms with Crippen molar-refractivity contribution in [2.75, 3.05) is 13.2 Å². The summed E-state index contributed by atoms with van der Waals surface area (Å²) >= 11 is 0. The Balaban J connectivity index is 1.35. The van der Waals surface area contributed by atoms with Crippen LogP contribution >= 0.6 is 0 Å². The van der Waals surface area contributed by atoms with E-state index in [0.717, 1.165) is 30.4 Å². The summed E-state index contributed by atoms with van der Waals surface area (Å²) < 4.78 is 5.61. The van der Waals surface area contributed by atoms with Crippen LogP contribution < -0.4 is 10.6 Å². The van der Waals surface area contributed by atoms with Crippen molar-refractivity contribution >= 4 is 18.0 Å². The number of alkyl carbamates (subject to hydrolysis) is 1. The number of aliphatic carboxylic acids is 1. The van der Waals surface area contributed by atoms with Gasteiger partial charge in [-0.3, -0.25) is 9.59 Å². The number of hydrogen-bond donors (Lipinski definition) is 3. The first kappa shape index (κ1) is 24.8. The van der Waals surface area contributed by atoms with Gasteiger partial charge in [0, 0.05) is 18.5 Å². The van der Waals surface area contributed by atoms with E-state index in [-0.39, 0.29) is 43.2 Å². The van der Waals surface area contributed by atoms with Crippen LogP contribution in [0.2, 0.25) is 0 Å². The van der Waals surface area contributed by atoms with Crippen LogP contribution in [-0.2, 0) is 14.3 Å². The second-order valence-corrected chi connectivity index (χ2v) is 9.96. The smallest absolute Gasteiger partial charge is 0.407 e. The highest BCUT2D eigenvalue weighted by Gasteiger charge is 2.35. The fourth-order valence-corrected chi connectivity index (χ4v) is 5.09. The van der Waals surface area contributed by atoms with Crippen LogP contribution in [0.25, 0.3) is 11.1 Å². The number of ether oxygens (including phenoxy) is 1. The predicted octanol–water partition coefficient (Wildman–Crippen LogP) is 4.56. The third-order valence-corrected chi connectivity index (χ3v) is 7.39. The van der Waals surface area contributed by atoms with Crippen molar-refractivity contribution in [2.45, 2.75) is 51.5 Å². The minimum atomic E-state index is -0.944. The Labute approximate surface area is 206 Å². The molecule has 3 N–H and O–H groups in total. The molecular weight excluding hydrogens is 444 g/mol. The van der Waals surface area contributed by atoms with Crippen LogP contribution in [0.3, 0.4) is 0 Å². The molecule has 0 aromatic heterocycles. The number of amides is 2. The molecule has 2 amide bonds. The number of fused-ring (bicyclic) bond motifs is 3. The molecule has 35 heavy (non-hydrogen) atoms. The van der Waals surface area contributed by atoms with Crippen molar-refractivity contribution in [1.82, 2.24) is 10.6 Å². The molecule has 0 bridgehead atoms. The summed E-state index contributed by atoms with van der Waals surface area (Å²) in [5, 5.41) is 14.9. The molecule has 1 unspecified atom stereocenters. The largest absolute Gasteiger partial charge is 0.481 e. The molecule has 0 heterocycles. The molecule has 1 fully saturated rings. The number of carboxylic acids is 1. The van der Waals surface area contributed by atoms with Gasteiger partial charge in [-0.2, -0.15) is 0 Å². The van der Waals surface area contributed by atoms with E-state index in [1.54, 1.807) is 0 Å². The minimum Gasteiger partial charge on any atom is -0.481 e. The van der Waals surface area contributed by atoms with Gasteiger partial charge in [0.2, 0.25) is 5.91 Å². The number of carbonyl (C=O) groups is 3. The third-order valence-electron chi connectivity index (χ3n) is 7.39. The van der Waals surface area contributed by atoms with Gasteiger partial charge in [0.15, 0.2) is 0 Å². The summed E-state index contributed by atoms with van der Waals surface area (Å²) in [5.74, 6) is -1.40. The lowest BCUT2D eigenvalue weighted by Crippen LogP contribution is -2.49. The number of nitrogens with one attached hydrogen (secondary N) is 2. The van der Waals surface area contributed by atoms with E-state index >= 15 is 0 Å². The molecule has 7 heteroatoms. The zero-order chi connectivity index (χ0) is 24.9. The lowest BCUT2D eigenvalue weighted by Gasteiger charge is -2.34. The Kier molecular flexibility index (Phi) is 7.73. The first-order chi connectivity index (χ1) is 16.8. The van der Waals surface area contributed by atoms with Crippen LogP contribution in [-0.4, -0.2) is 42.3 Å². The number of rotatable bonds is 10. The molecule has 7 nitrogen and oxygen atoms in total. The van der Waals surface area contributed by atoms with Gasteiger partial charge in [-0.1, -0.05) is 68.8 Å². The molecule has 4 rings (SSSR count). The molecule has 2 aromatic rings. The molecule has 186 valence electrons. The molecule has 0 spiro atoms. The SMILES string of the molecule is CC(C)[C@@H](CC(=O)O)NC(=O)C(CNC(=O)OCC1c2ccccc2-c2ccccc21)C1CCC1. The zero-order valence-electron chi connectivity index (χ0n) is 20.3. The lowest BCUT2D eigenvalue weighted by atomic mass is 9.75. The number of carbonyl (C=O) groups excluding carboxylic acids is 2. The van der Waals surface area contributed by atoms with Crippen molar-refractivity contribution in [3.63, 3.8) is 0 Å². The Morgan fingerprint density at radius 2 is 1.60 bits per heavy atom. The molecule has 2 atom stereocenters. The van der Waals surface area contributed by atoms with E-state index < -0.39 is 24.0 Å². The average molecular weight is 479 g/mol. The maximum absolute atomic E-state index is 13.0. The normalized spacial score (nSPS) is 16.5. The van der Waals surface area contributed by atoms with Crippen LogP contribution in [0.5, 0.6) is 0 Å². The maximum atomic E-state index is 13.0. The average Bonchev–Trinajstić information content (AvgIpc) is 3.12.